The van der Waals surface area contributed by atoms with Crippen molar-refractivity contribution in [2.45, 2.75) is 11.8 Å². The van der Waals surface area contributed by atoms with Crippen LogP contribution in [0.1, 0.15) is 5.56 Å². The van der Waals surface area contributed by atoms with Gasteiger partial charge in [-0.05, 0) is 61.0 Å². The first kappa shape index (κ1) is 21.0. The Bertz CT molecular complexity index is 1170. The van der Waals surface area contributed by atoms with Crippen molar-refractivity contribution >= 4 is 56.3 Å². The fourth-order valence-electron chi connectivity index (χ4n) is 2.53. The maximum absolute atomic E-state index is 12.6. The lowest BCUT2D eigenvalue weighted by atomic mass is 10.2. The van der Waals surface area contributed by atoms with Gasteiger partial charge in [-0.15, -0.1) is 0 Å². The number of hydrogen-bond acceptors (Lipinski definition) is 3. The quantitative estimate of drug-likeness (QED) is 0.463. The van der Waals surface area contributed by atoms with E-state index in [9.17, 15) is 13.2 Å². The van der Waals surface area contributed by atoms with Gasteiger partial charge < -0.3 is 10.6 Å². The molecule has 2 amide bonds. The molecular formula is C20H17Cl2N3O3S. The third-order valence-corrected chi connectivity index (χ3v) is 5.97. The van der Waals surface area contributed by atoms with Crippen LogP contribution < -0.4 is 15.4 Å². The molecule has 3 rings (SSSR count). The summed E-state index contributed by atoms with van der Waals surface area (Å²) in [7, 11) is -3.89. The standard InChI is InChI=1S/C20H17Cl2N3O3S/c1-13-4-2-5-14(10-13)23-20(26)24-15-6-3-7-17(11-15)29(27,28)25-16-8-9-18(21)19(22)12-16/h2-12,25H,1H3,(H2,23,24,26). The monoisotopic (exact) mass is 449 g/mol. The molecule has 0 saturated heterocycles. The Kier molecular flexibility index (Phi) is 6.32. The molecule has 0 aromatic heterocycles. The van der Waals surface area contributed by atoms with Crippen LogP contribution in [0, 0.1) is 6.92 Å². The van der Waals surface area contributed by atoms with Crippen LogP contribution in [-0.2, 0) is 10.0 Å². The third-order valence-electron chi connectivity index (χ3n) is 3.85. The second-order valence-electron chi connectivity index (χ2n) is 6.21. The third kappa shape index (κ3) is 5.63. The van der Waals surface area contributed by atoms with Crippen LogP contribution in [0.5, 0.6) is 0 Å². The molecule has 29 heavy (non-hydrogen) atoms. The van der Waals surface area contributed by atoms with Crippen LogP contribution in [0.2, 0.25) is 10.0 Å². The Labute approximate surface area is 178 Å². The molecule has 0 bridgehead atoms. The van der Waals surface area contributed by atoms with Crippen molar-refractivity contribution in [3.05, 3.63) is 82.3 Å². The predicted molar refractivity (Wildman–Crippen MR) is 118 cm³/mol. The van der Waals surface area contributed by atoms with Crippen molar-refractivity contribution in [2.24, 2.45) is 0 Å². The molecule has 0 radical (unpaired) electrons. The van der Waals surface area contributed by atoms with E-state index < -0.39 is 16.1 Å². The average Bonchev–Trinajstić information content (AvgIpc) is 2.65. The van der Waals surface area contributed by atoms with Crippen LogP contribution in [0.4, 0.5) is 21.9 Å². The highest BCUT2D eigenvalue weighted by Gasteiger charge is 2.16. The van der Waals surface area contributed by atoms with Gasteiger partial charge in [0.25, 0.3) is 10.0 Å². The molecule has 150 valence electrons. The van der Waals surface area contributed by atoms with E-state index in [-0.39, 0.29) is 15.6 Å². The van der Waals surface area contributed by atoms with Crippen molar-refractivity contribution in [1.82, 2.24) is 0 Å². The summed E-state index contributed by atoms with van der Waals surface area (Å²) in [4.78, 5) is 12.2. The number of aryl methyl sites for hydroxylation is 1. The number of urea groups is 1. The van der Waals surface area contributed by atoms with Crippen LogP contribution >= 0.6 is 23.2 Å². The smallest absolute Gasteiger partial charge is 0.308 e. The van der Waals surface area contributed by atoms with Crippen LogP contribution in [0.15, 0.2) is 71.6 Å². The van der Waals surface area contributed by atoms with E-state index in [1.54, 1.807) is 12.1 Å². The van der Waals surface area contributed by atoms with Gasteiger partial charge in [-0.1, -0.05) is 41.4 Å². The molecule has 0 unspecified atom stereocenters. The Morgan fingerprint density at radius 3 is 2.10 bits per heavy atom. The van der Waals surface area contributed by atoms with Crippen molar-refractivity contribution in [3.63, 3.8) is 0 Å². The van der Waals surface area contributed by atoms with Gasteiger partial charge in [-0.2, -0.15) is 0 Å². The lowest BCUT2D eigenvalue weighted by Crippen LogP contribution is -2.20. The first-order valence-corrected chi connectivity index (χ1v) is 10.7. The fourth-order valence-corrected chi connectivity index (χ4v) is 3.92. The number of hydrogen-bond donors (Lipinski definition) is 3. The predicted octanol–water partition coefficient (Wildman–Crippen LogP) is 5.75. The molecule has 0 spiro atoms. The van der Waals surface area contributed by atoms with E-state index in [4.69, 9.17) is 23.2 Å². The molecule has 0 aliphatic heterocycles. The van der Waals surface area contributed by atoms with Crippen molar-refractivity contribution in [2.75, 3.05) is 15.4 Å². The Morgan fingerprint density at radius 1 is 0.793 bits per heavy atom. The summed E-state index contributed by atoms with van der Waals surface area (Å²) in [6.45, 7) is 1.91. The van der Waals surface area contributed by atoms with E-state index in [0.29, 0.717) is 16.4 Å². The second-order valence-corrected chi connectivity index (χ2v) is 8.71. The minimum absolute atomic E-state index is 0.0167. The summed E-state index contributed by atoms with van der Waals surface area (Å²) in [5.74, 6) is 0. The molecule has 3 aromatic rings. The van der Waals surface area contributed by atoms with E-state index in [2.05, 4.69) is 15.4 Å². The number of halogens is 2. The maximum Gasteiger partial charge on any atom is 0.323 e. The van der Waals surface area contributed by atoms with Gasteiger partial charge in [0.15, 0.2) is 0 Å². The number of carbonyl (C=O) groups is 1. The fraction of sp³-hybridized carbons (Fsp3) is 0.0500. The molecule has 3 aromatic carbocycles. The number of amides is 2. The normalized spacial score (nSPS) is 11.0. The molecule has 9 heteroatoms. The number of nitrogens with one attached hydrogen (secondary N) is 3. The molecule has 0 aliphatic rings. The SMILES string of the molecule is Cc1cccc(NC(=O)Nc2cccc(S(=O)(=O)Nc3ccc(Cl)c(Cl)c3)c2)c1. The Hall–Kier alpha value is -2.74. The zero-order chi connectivity index (χ0) is 21.0. The molecule has 0 fully saturated rings. The van der Waals surface area contributed by atoms with Gasteiger partial charge in [-0.25, -0.2) is 13.2 Å². The van der Waals surface area contributed by atoms with Crippen molar-refractivity contribution < 1.29 is 13.2 Å². The lowest BCUT2D eigenvalue weighted by molar-refractivity contribution is 0.262. The molecule has 0 atom stereocenters. The van der Waals surface area contributed by atoms with Crippen molar-refractivity contribution in [3.8, 4) is 0 Å². The lowest BCUT2D eigenvalue weighted by Gasteiger charge is -2.11. The zero-order valence-corrected chi connectivity index (χ0v) is 17.6. The second kappa shape index (κ2) is 8.73. The van der Waals surface area contributed by atoms with Gasteiger partial charge in [-0.3, -0.25) is 4.72 Å². The Morgan fingerprint density at radius 2 is 1.45 bits per heavy atom. The van der Waals surface area contributed by atoms with Gasteiger partial charge in [0, 0.05) is 11.4 Å². The van der Waals surface area contributed by atoms with Crippen LogP contribution in [0.25, 0.3) is 0 Å². The van der Waals surface area contributed by atoms with Gasteiger partial charge in [0.1, 0.15) is 0 Å². The molecule has 6 nitrogen and oxygen atoms in total. The van der Waals surface area contributed by atoms with Crippen LogP contribution in [-0.4, -0.2) is 14.4 Å². The Balaban J connectivity index is 1.74. The van der Waals surface area contributed by atoms with E-state index >= 15 is 0 Å². The van der Waals surface area contributed by atoms with E-state index in [1.807, 2.05) is 25.1 Å². The highest BCUT2D eigenvalue weighted by molar-refractivity contribution is 7.92. The summed E-state index contributed by atoms with van der Waals surface area (Å²) in [5.41, 5.74) is 2.24. The summed E-state index contributed by atoms with van der Waals surface area (Å²) < 4.78 is 27.7. The van der Waals surface area contributed by atoms with E-state index in [1.165, 1.54) is 36.4 Å². The number of anilines is 3. The molecule has 0 aliphatic carbocycles. The average molecular weight is 450 g/mol. The summed E-state index contributed by atoms with van der Waals surface area (Å²) in [5, 5.41) is 5.87. The topological polar surface area (TPSA) is 87.3 Å². The minimum Gasteiger partial charge on any atom is -0.308 e. The van der Waals surface area contributed by atoms with Crippen LogP contribution in [0.3, 0.4) is 0 Å². The molecule has 0 heterocycles. The maximum atomic E-state index is 12.6. The van der Waals surface area contributed by atoms with Gasteiger partial charge >= 0.3 is 6.03 Å². The summed E-state index contributed by atoms with van der Waals surface area (Å²) >= 11 is 11.8. The van der Waals surface area contributed by atoms with Gasteiger partial charge in [0.05, 0.1) is 20.6 Å². The summed E-state index contributed by atoms with van der Waals surface area (Å²) in [6, 6.07) is 17.2. The highest BCUT2D eigenvalue weighted by atomic mass is 35.5. The highest BCUT2D eigenvalue weighted by Crippen LogP contribution is 2.27. The number of benzene rings is 3. The summed E-state index contributed by atoms with van der Waals surface area (Å²) in [6.07, 6.45) is 0. The minimum atomic E-state index is -3.89. The molecular weight excluding hydrogens is 433 g/mol. The van der Waals surface area contributed by atoms with E-state index in [0.717, 1.165) is 5.56 Å². The number of carbonyl (C=O) groups excluding carboxylic acids is 1. The molecule has 0 saturated carbocycles. The van der Waals surface area contributed by atoms with Gasteiger partial charge in [0.2, 0.25) is 0 Å². The zero-order valence-electron chi connectivity index (χ0n) is 15.2. The number of rotatable bonds is 5. The largest absolute Gasteiger partial charge is 0.323 e. The number of sulfonamides is 1. The molecule has 3 N–H and O–H groups in total. The first-order chi connectivity index (χ1) is 13.7. The first-order valence-electron chi connectivity index (χ1n) is 8.45. The van der Waals surface area contributed by atoms with Crippen molar-refractivity contribution in [1.29, 1.82) is 0 Å².